The van der Waals surface area contributed by atoms with E-state index in [1.807, 2.05) is 55.7 Å². The molecule has 0 bridgehead atoms. The van der Waals surface area contributed by atoms with Gasteiger partial charge >= 0.3 is 0 Å². The molecule has 7 nitrogen and oxygen atoms in total. The van der Waals surface area contributed by atoms with E-state index in [1.165, 1.54) is 6.33 Å². The second-order valence-corrected chi connectivity index (χ2v) is 7.09. The van der Waals surface area contributed by atoms with E-state index >= 15 is 0 Å². The molecule has 0 saturated carbocycles. The molecule has 0 saturated heterocycles. The van der Waals surface area contributed by atoms with Gasteiger partial charge in [0.05, 0.1) is 11.2 Å². The van der Waals surface area contributed by atoms with Crippen LogP contribution >= 0.6 is 11.6 Å². The van der Waals surface area contributed by atoms with Crippen LogP contribution in [0.5, 0.6) is 0 Å². The van der Waals surface area contributed by atoms with Crippen LogP contribution in [0, 0.1) is 13.8 Å². The summed E-state index contributed by atoms with van der Waals surface area (Å²) in [6.07, 6.45) is 5.09. The highest BCUT2D eigenvalue weighted by molar-refractivity contribution is 6.31. The molecule has 0 unspecified atom stereocenters. The number of imidazole rings is 1. The maximum absolute atomic E-state index is 6.04. The smallest absolute Gasteiger partial charge is 0.138 e. The highest BCUT2D eigenvalue weighted by atomic mass is 35.5. The minimum absolute atomic E-state index is 0.390. The van der Waals surface area contributed by atoms with E-state index in [0.717, 1.165) is 45.2 Å². The number of benzene rings is 1. The van der Waals surface area contributed by atoms with Crippen LogP contribution in [0.2, 0.25) is 5.02 Å². The van der Waals surface area contributed by atoms with Crippen molar-refractivity contribution in [2.45, 2.75) is 20.8 Å². The van der Waals surface area contributed by atoms with Crippen LogP contribution in [0.15, 0.2) is 54.2 Å². The number of aromatic nitrogens is 5. The fourth-order valence-electron chi connectivity index (χ4n) is 3.00. The maximum Gasteiger partial charge on any atom is 0.138 e. The first-order valence-corrected chi connectivity index (χ1v) is 9.53. The molecular formula is C21H20ClN7. The third-order valence-electron chi connectivity index (χ3n) is 4.82. The van der Waals surface area contributed by atoms with Gasteiger partial charge in [0.15, 0.2) is 0 Å². The minimum atomic E-state index is 0.390. The normalized spacial score (nSPS) is 11.8. The molecule has 3 aromatic heterocycles. The summed E-state index contributed by atoms with van der Waals surface area (Å²) in [5, 5.41) is 4.80. The van der Waals surface area contributed by atoms with Gasteiger partial charge in [-0.2, -0.15) is 0 Å². The van der Waals surface area contributed by atoms with Crippen LogP contribution in [-0.4, -0.2) is 36.9 Å². The number of nitrogens with zero attached hydrogens (tertiary/aromatic N) is 6. The number of anilines is 1. The Balaban J connectivity index is 1.53. The van der Waals surface area contributed by atoms with Crippen LogP contribution < -0.4 is 5.32 Å². The molecule has 0 spiro atoms. The van der Waals surface area contributed by atoms with Gasteiger partial charge in [0.2, 0.25) is 0 Å². The summed E-state index contributed by atoms with van der Waals surface area (Å²) < 4.78 is 1.97. The van der Waals surface area contributed by atoms with Crippen molar-refractivity contribution in [3.8, 4) is 5.82 Å². The van der Waals surface area contributed by atoms with E-state index in [0.29, 0.717) is 11.7 Å². The molecule has 29 heavy (non-hydrogen) atoms. The number of aryl methyl sites for hydroxylation is 1. The molecule has 3 heterocycles. The summed E-state index contributed by atoms with van der Waals surface area (Å²) in [6, 6.07) is 9.50. The summed E-state index contributed by atoms with van der Waals surface area (Å²) in [7, 11) is 0. The second kappa shape index (κ2) is 7.97. The molecule has 1 aromatic carbocycles. The molecule has 0 atom stereocenters. The lowest BCUT2D eigenvalue weighted by Gasteiger charge is -2.09. The lowest BCUT2D eigenvalue weighted by atomic mass is 10.2. The first kappa shape index (κ1) is 19.0. The van der Waals surface area contributed by atoms with Crippen molar-refractivity contribution in [3.63, 3.8) is 0 Å². The monoisotopic (exact) mass is 405 g/mol. The number of rotatable bonds is 5. The van der Waals surface area contributed by atoms with Crippen LogP contribution in [0.25, 0.3) is 16.7 Å². The SMILES string of the molecule is C/C(=N\CNc1ncnc2cc(Cl)ccc12)c1ccnc(-n2cnc(C)c2C)c1. The zero-order valence-corrected chi connectivity index (χ0v) is 17.1. The molecule has 0 aliphatic carbocycles. The number of hydrogen-bond acceptors (Lipinski definition) is 6. The highest BCUT2D eigenvalue weighted by Gasteiger charge is 2.08. The Morgan fingerprint density at radius 1 is 1.10 bits per heavy atom. The van der Waals surface area contributed by atoms with Gasteiger partial charge in [0, 0.05) is 33.6 Å². The van der Waals surface area contributed by atoms with Crippen molar-refractivity contribution in [3.05, 3.63) is 71.2 Å². The predicted molar refractivity (Wildman–Crippen MR) is 116 cm³/mol. The van der Waals surface area contributed by atoms with Gasteiger partial charge in [-0.05, 0) is 51.1 Å². The van der Waals surface area contributed by atoms with Crippen molar-refractivity contribution in [2.75, 3.05) is 12.0 Å². The molecule has 8 heteroatoms. The quantitative estimate of drug-likeness (QED) is 0.499. The molecule has 4 aromatic rings. The van der Waals surface area contributed by atoms with Crippen molar-refractivity contribution in [1.29, 1.82) is 0 Å². The Bertz CT molecular complexity index is 1210. The first-order chi connectivity index (χ1) is 14.0. The van der Waals surface area contributed by atoms with Gasteiger partial charge in [0.1, 0.15) is 31.0 Å². The van der Waals surface area contributed by atoms with Crippen molar-refractivity contribution in [2.24, 2.45) is 4.99 Å². The lowest BCUT2D eigenvalue weighted by molar-refractivity contribution is 0.949. The Kier molecular flexibility index (Phi) is 5.22. The maximum atomic E-state index is 6.04. The molecule has 0 amide bonds. The number of fused-ring (bicyclic) bond motifs is 1. The fraction of sp³-hybridized carbons (Fsp3) is 0.190. The van der Waals surface area contributed by atoms with E-state index in [4.69, 9.17) is 11.6 Å². The Labute approximate surface area is 173 Å². The van der Waals surface area contributed by atoms with Crippen molar-refractivity contribution >= 4 is 34.0 Å². The molecule has 146 valence electrons. The average molecular weight is 406 g/mol. The standard InChI is InChI=1S/C21H20ClN7/c1-13-15(3)29(12-28-13)20-8-16(6-7-23-20)14(2)24-10-26-21-18-5-4-17(22)9-19(18)25-11-27-21/h4-9,11-12H,10H2,1-3H3,(H,25,26,27)/b24-14+. The van der Waals surface area contributed by atoms with Gasteiger partial charge in [0.25, 0.3) is 0 Å². The van der Waals surface area contributed by atoms with Crippen molar-refractivity contribution in [1.82, 2.24) is 24.5 Å². The third kappa shape index (κ3) is 3.95. The van der Waals surface area contributed by atoms with Crippen molar-refractivity contribution < 1.29 is 0 Å². The van der Waals surface area contributed by atoms with Gasteiger partial charge in [-0.15, -0.1) is 0 Å². The topological polar surface area (TPSA) is 80.9 Å². The van der Waals surface area contributed by atoms with E-state index < -0.39 is 0 Å². The van der Waals surface area contributed by atoms with Crippen LogP contribution in [0.3, 0.4) is 0 Å². The first-order valence-electron chi connectivity index (χ1n) is 9.15. The van der Waals surface area contributed by atoms with Gasteiger partial charge in [-0.25, -0.2) is 19.9 Å². The predicted octanol–water partition coefficient (Wildman–Crippen LogP) is 4.36. The summed E-state index contributed by atoms with van der Waals surface area (Å²) in [5.74, 6) is 1.55. The van der Waals surface area contributed by atoms with Crippen LogP contribution in [-0.2, 0) is 0 Å². The Hall–Kier alpha value is -3.32. The minimum Gasteiger partial charge on any atom is -0.350 e. The molecule has 0 fully saturated rings. The van der Waals surface area contributed by atoms with Crippen LogP contribution in [0.4, 0.5) is 5.82 Å². The number of nitrogens with one attached hydrogen (secondary N) is 1. The summed E-state index contributed by atoms with van der Waals surface area (Å²) in [5.41, 5.74) is 4.76. The second-order valence-electron chi connectivity index (χ2n) is 6.65. The molecular weight excluding hydrogens is 386 g/mol. The summed E-state index contributed by atoms with van der Waals surface area (Å²) in [6.45, 7) is 6.38. The average Bonchev–Trinajstić information content (AvgIpc) is 3.06. The van der Waals surface area contributed by atoms with E-state index in [2.05, 4.69) is 30.2 Å². The van der Waals surface area contributed by atoms with Gasteiger partial charge < -0.3 is 5.32 Å². The molecule has 0 radical (unpaired) electrons. The van der Waals surface area contributed by atoms with Gasteiger partial charge in [-0.1, -0.05) is 11.6 Å². The largest absolute Gasteiger partial charge is 0.350 e. The van der Waals surface area contributed by atoms with E-state index in [1.54, 1.807) is 12.5 Å². The summed E-state index contributed by atoms with van der Waals surface area (Å²) >= 11 is 6.04. The lowest BCUT2D eigenvalue weighted by Crippen LogP contribution is -2.07. The number of hydrogen-bond donors (Lipinski definition) is 1. The van der Waals surface area contributed by atoms with E-state index in [-0.39, 0.29) is 0 Å². The zero-order chi connectivity index (χ0) is 20.4. The molecule has 0 aliphatic rings. The Morgan fingerprint density at radius 2 is 1.97 bits per heavy atom. The molecule has 0 aliphatic heterocycles. The number of aliphatic imine (C=N–C) groups is 1. The van der Waals surface area contributed by atoms with Crippen LogP contribution in [0.1, 0.15) is 23.9 Å². The Morgan fingerprint density at radius 3 is 2.76 bits per heavy atom. The zero-order valence-electron chi connectivity index (χ0n) is 16.4. The van der Waals surface area contributed by atoms with E-state index in [9.17, 15) is 0 Å². The number of halogens is 1. The summed E-state index contributed by atoms with van der Waals surface area (Å²) in [4.78, 5) is 22.0. The third-order valence-corrected chi connectivity index (χ3v) is 5.06. The molecule has 4 rings (SSSR count). The fourth-order valence-corrected chi connectivity index (χ4v) is 3.17. The highest BCUT2D eigenvalue weighted by Crippen LogP contribution is 2.22. The number of pyridine rings is 1. The van der Waals surface area contributed by atoms with Gasteiger partial charge in [-0.3, -0.25) is 9.56 Å². The molecule has 1 N–H and O–H groups in total.